The Labute approximate surface area is 136 Å². The van der Waals surface area contributed by atoms with Gasteiger partial charge in [-0.15, -0.1) is 0 Å². The number of rotatable bonds is 2. The van der Waals surface area contributed by atoms with Gasteiger partial charge in [-0.1, -0.05) is 24.3 Å². The lowest BCUT2D eigenvalue weighted by Gasteiger charge is -2.13. The van der Waals surface area contributed by atoms with Crippen molar-refractivity contribution in [1.82, 2.24) is 4.98 Å². The van der Waals surface area contributed by atoms with E-state index in [0.29, 0.717) is 5.56 Å². The Bertz CT molecular complexity index is 893. The number of hydrogen-bond acceptors (Lipinski definition) is 2. The lowest BCUT2D eigenvalue weighted by atomic mass is 10.0. The van der Waals surface area contributed by atoms with E-state index in [2.05, 4.69) is 16.4 Å². The summed E-state index contributed by atoms with van der Waals surface area (Å²) >= 11 is 0. The SMILES string of the molecule is Cc1cc(C)cc(NC(=O)c2c(C)nc3ccccc3c2C)c1. The number of para-hydroxylation sites is 1. The molecule has 1 aromatic heterocycles. The van der Waals surface area contributed by atoms with Crippen molar-refractivity contribution in [3.63, 3.8) is 0 Å². The van der Waals surface area contributed by atoms with Crippen molar-refractivity contribution in [3.8, 4) is 0 Å². The number of amides is 1. The highest BCUT2D eigenvalue weighted by molar-refractivity contribution is 6.08. The van der Waals surface area contributed by atoms with E-state index < -0.39 is 0 Å². The number of carbonyl (C=O) groups is 1. The fraction of sp³-hybridized carbons (Fsp3) is 0.200. The van der Waals surface area contributed by atoms with Gasteiger partial charge in [-0.05, 0) is 62.6 Å². The van der Waals surface area contributed by atoms with Crippen molar-refractivity contribution in [3.05, 3.63) is 70.4 Å². The molecule has 0 saturated carbocycles. The second kappa shape index (κ2) is 5.84. The highest BCUT2D eigenvalue weighted by Crippen LogP contribution is 2.24. The summed E-state index contributed by atoms with van der Waals surface area (Å²) in [5, 5.41) is 4.02. The largest absolute Gasteiger partial charge is 0.322 e. The van der Waals surface area contributed by atoms with Gasteiger partial charge in [-0.2, -0.15) is 0 Å². The molecule has 3 nitrogen and oxygen atoms in total. The third kappa shape index (κ3) is 2.95. The number of pyridine rings is 1. The maximum Gasteiger partial charge on any atom is 0.257 e. The van der Waals surface area contributed by atoms with E-state index in [1.165, 1.54) is 0 Å². The number of hydrogen-bond donors (Lipinski definition) is 1. The van der Waals surface area contributed by atoms with Crippen LogP contribution in [0.3, 0.4) is 0 Å². The van der Waals surface area contributed by atoms with Gasteiger partial charge >= 0.3 is 0 Å². The van der Waals surface area contributed by atoms with Crippen LogP contribution in [0.2, 0.25) is 0 Å². The number of benzene rings is 2. The molecule has 0 aliphatic heterocycles. The summed E-state index contributed by atoms with van der Waals surface area (Å²) in [7, 11) is 0. The van der Waals surface area contributed by atoms with Gasteiger partial charge in [-0.25, -0.2) is 0 Å². The van der Waals surface area contributed by atoms with Crippen LogP contribution in [0.4, 0.5) is 5.69 Å². The van der Waals surface area contributed by atoms with Crippen LogP contribution in [0.1, 0.15) is 32.7 Å². The summed E-state index contributed by atoms with van der Waals surface area (Å²) in [5.74, 6) is -0.108. The van der Waals surface area contributed by atoms with E-state index in [-0.39, 0.29) is 5.91 Å². The smallest absolute Gasteiger partial charge is 0.257 e. The molecule has 1 amide bonds. The van der Waals surface area contributed by atoms with E-state index >= 15 is 0 Å². The fourth-order valence-electron chi connectivity index (χ4n) is 3.11. The Balaban J connectivity index is 2.04. The van der Waals surface area contributed by atoms with Crippen LogP contribution in [0, 0.1) is 27.7 Å². The summed E-state index contributed by atoms with van der Waals surface area (Å²) in [4.78, 5) is 17.3. The van der Waals surface area contributed by atoms with E-state index in [1.807, 2.05) is 64.1 Å². The quantitative estimate of drug-likeness (QED) is 0.744. The first-order chi connectivity index (χ1) is 11.0. The van der Waals surface area contributed by atoms with Crippen molar-refractivity contribution in [2.24, 2.45) is 0 Å². The first-order valence-electron chi connectivity index (χ1n) is 7.71. The van der Waals surface area contributed by atoms with Gasteiger partial charge < -0.3 is 5.32 Å². The van der Waals surface area contributed by atoms with Crippen molar-refractivity contribution in [1.29, 1.82) is 0 Å². The van der Waals surface area contributed by atoms with Gasteiger partial charge in [0.1, 0.15) is 0 Å². The molecule has 23 heavy (non-hydrogen) atoms. The van der Waals surface area contributed by atoms with Gasteiger partial charge in [-0.3, -0.25) is 9.78 Å². The number of anilines is 1. The van der Waals surface area contributed by atoms with Crippen LogP contribution in [-0.2, 0) is 0 Å². The molecule has 3 heteroatoms. The van der Waals surface area contributed by atoms with Crippen molar-refractivity contribution >= 4 is 22.5 Å². The zero-order valence-corrected chi connectivity index (χ0v) is 13.9. The number of nitrogens with one attached hydrogen (secondary N) is 1. The van der Waals surface area contributed by atoms with Gasteiger partial charge in [0.2, 0.25) is 0 Å². The molecule has 0 bridgehead atoms. The summed E-state index contributed by atoms with van der Waals surface area (Å²) in [6.07, 6.45) is 0. The molecular weight excluding hydrogens is 284 g/mol. The van der Waals surface area contributed by atoms with E-state index in [1.54, 1.807) is 0 Å². The summed E-state index contributed by atoms with van der Waals surface area (Å²) in [6, 6.07) is 13.9. The van der Waals surface area contributed by atoms with E-state index in [4.69, 9.17) is 0 Å². The molecule has 3 rings (SSSR count). The van der Waals surface area contributed by atoms with Crippen LogP contribution >= 0.6 is 0 Å². The average Bonchev–Trinajstić information content (AvgIpc) is 2.46. The fourth-order valence-corrected chi connectivity index (χ4v) is 3.11. The Hall–Kier alpha value is -2.68. The monoisotopic (exact) mass is 304 g/mol. The van der Waals surface area contributed by atoms with Gasteiger partial charge in [0.25, 0.3) is 5.91 Å². The third-order valence-corrected chi connectivity index (χ3v) is 4.04. The minimum absolute atomic E-state index is 0.108. The van der Waals surface area contributed by atoms with Crippen LogP contribution in [-0.4, -0.2) is 10.9 Å². The molecular formula is C20H20N2O. The van der Waals surface area contributed by atoms with Gasteiger partial charge in [0.15, 0.2) is 0 Å². The number of nitrogens with zero attached hydrogens (tertiary/aromatic N) is 1. The molecule has 2 aromatic carbocycles. The second-order valence-electron chi connectivity index (χ2n) is 6.04. The lowest BCUT2D eigenvalue weighted by molar-refractivity contribution is 0.102. The molecule has 0 fully saturated rings. The standard InChI is InChI=1S/C20H20N2O/c1-12-9-13(2)11-16(10-12)22-20(23)19-14(3)17-7-5-6-8-18(17)21-15(19)4/h5-11H,1-4H3,(H,22,23). The predicted octanol–water partition coefficient (Wildman–Crippen LogP) is 4.72. The zero-order valence-electron chi connectivity index (χ0n) is 13.9. The Morgan fingerprint density at radius 2 is 1.61 bits per heavy atom. The molecule has 0 spiro atoms. The molecule has 0 saturated heterocycles. The second-order valence-corrected chi connectivity index (χ2v) is 6.04. The van der Waals surface area contributed by atoms with Gasteiger partial charge in [0, 0.05) is 11.1 Å². The van der Waals surface area contributed by atoms with Crippen molar-refractivity contribution in [2.75, 3.05) is 5.32 Å². The van der Waals surface area contributed by atoms with Crippen molar-refractivity contribution in [2.45, 2.75) is 27.7 Å². The summed E-state index contributed by atoms with van der Waals surface area (Å²) in [5.41, 5.74) is 6.38. The molecule has 116 valence electrons. The van der Waals surface area contributed by atoms with Crippen LogP contribution in [0.5, 0.6) is 0 Å². The maximum absolute atomic E-state index is 12.8. The Morgan fingerprint density at radius 1 is 0.957 bits per heavy atom. The molecule has 0 aliphatic carbocycles. The minimum atomic E-state index is -0.108. The first-order valence-corrected chi connectivity index (χ1v) is 7.71. The zero-order chi connectivity index (χ0) is 16.6. The Kier molecular flexibility index (Phi) is 3.87. The molecule has 0 radical (unpaired) electrons. The molecule has 1 heterocycles. The van der Waals surface area contributed by atoms with Crippen LogP contribution in [0.25, 0.3) is 10.9 Å². The highest BCUT2D eigenvalue weighted by atomic mass is 16.1. The molecule has 1 N–H and O–H groups in total. The number of aromatic nitrogens is 1. The lowest BCUT2D eigenvalue weighted by Crippen LogP contribution is -2.16. The number of carbonyl (C=O) groups excluding carboxylic acids is 1. The molecule has 0 aliphatic rings. The predicted molar refractivity (Wildman–Crippen MR) is 95.1 cm³/mol. The van der Waals surface area contributed by atoms with Crippen molar-refractivity contribution < 1.29 is 4.79 Å². The normalized spacial score (nSPS) is 10.8. The Morgan fingerprint density at radius 3 is 2.30 bits per heavy atom. The summed E-state index contributed by atoms with van der Waals surface area (Å²) < 4.78 is 0. The highest BCUT2D eigenvalue weighted by Gasteiger charge is 2.16. The molecule has 0 unspecified atom stereocenters. The minimum Gasteiger partial charge on any atom is -0.322 e. The van der Waals surface area contributed by atoms with Crippen LogP contribution < -0.4 is 5.32 Å². The summed E-state index contributed by atoms with van der Waals surface area (Å²) in [6.45, 7) is 7.91. The third-order valence-electron chi connectivity index (χ3n) is 4.04. The molecule has 0 atom stereocenters. The number of aryl methyl sites for hydroxylation is 4. The van der Waals surface area contributed by atoms with Gasteiger partial charge in [0.05, 0.1) is 16.8 Å². The van der Waals surface area contributed by atoms with E-state index in [0.717, 1.165) is 39.0 Å². The topological polar surface area (TPSA) is 42.0 Å². The molecule has 3 aromatic rings. The van der Waals surface area contributed by atoms with E-state index in [9.17, 15) is 4.79 Å². The van der Waals surface area contributed by atoms with Crippen LogP contribution in [0.15, 0.2) is 42.5 Å². The first kappa shape index (κ1) is 15.2. The average molecular weight is 304 g/mol. The number of fused-ring (bicyclic) bond motifs is 1. The maximum atomic E-state index is 12.8.